The van der Waals surface area contributed by atoms with E-state index in [1.807, 2.05) is 0 Å². The highest BCUT2D eigenvalue weighted by Crippen LogP contribution is 2.44. The largest absolute Gasteiger partial charge is 0.462 e. The van der Waals surface area contributed by atoms with Crippen LogP contribution in [0.15, 0.2) is 54.0 Å². The van der Waals surface area contributed by atoms with Gasteiger partial charge in [0, 0.05) is 17.3 Å². The third kappa shape index (κ3) is 3.18. The Kier molecular flexibility index (Phi) is 4.92. The Morgan fingerprint density at radius 3 is 2.71 bits per heavy atom. The van der Waals surface area contributed by atoms with Gasteiger partial charge in [0.15, 0.2) is 5.78 Å². The Hall–Kier alpha value is -3.06. The summed E-state index contributed by atoms with van der Waals surface area (Å²) in [5.41, 5.74) is 1.86. The molecular formula is C21H17FN2O3S. The van der Waals surface area contributed by atoms with Gasteiger partial charge >= 0.3 is 5.97 Å². The van der Waals surface area contributed by atoms with Crippen molar-refractivity contribution in [2.45, 2.75) is 18.9 Å². The summed E-state index contributed by atoms with van der Waals surface area (Å²) in [6, 6.07) is 10.7. The van der Waals surface area contributed by atoms with E-state index < -0.39 is 17.9 Å². The zero-order valence-corrected chi connectivity index (χ0v) is 15.8. The number of ketones is 1. The Morgan fingerprint density at radius 2 is 2.04 bits per heavy atom. The lowest BCUT2D eigenvalue weighted by atomic mass is 9.81. The van der Waals surface area contributed by atoms with Crippen molar-refractivity contribution >= 4 is 28.8 Å². The average molecular weight is 396 g/mol. The first-order valence-electron chi connectivity index (χ1n) is 8.86. The van der Waals surface area contributed by atoms with Crippen molar-refractivity contribution < 1.29 is 18.7 Å². The van der Waals surface area contributed by atoms with E-state index in [9.17, 15) is 14.0 Å². The summed E-state index contributed by atoms with van der Waals surface area (Å²) >= 11 is 1.37. The molecule has 1 aliphatic rings. The molecule has 0 aliphatic carbocycles. The molecule has 1 aliphatic heterocycles. The van der Waals surface area contributed by atoms with Crippen LogP contribution in [0.25, 0.3) is 0 Å². The quantitative estimate of drug-likeness (QED) is 0.653. The van der Waals surface area contributed by atoms with Gasteiger partial charge in [0.25, 0.3) is 0 Å². The molecule has 4 rings (SSSR count). The number of rotatable bonds is 4. The van der Waals surface area contributed by atoms with Gasteiger partial charge in [-0.15, -0.1) is 11.3 Å². The Balaban J connectivity index is 1.85. The minimum Gasteiger partial charge on any atom is -0.462 e. The van der Waals surface area contributed by atoms with Gasteiger partial charge in [0.05, 0.1) is 29.7 Å². The standard InChI is InChI=1S/C21H17FN2O3S/c1-2-27-21(26)14-4-3-5-15-16(14)19(25)17(20-23-10-11-28-20)18(24-15)12-6-8-13(22)9-7-12/h3-11,17-18,24H,2H2,1H3. The van der Waals surface area contributed by atoms with Gasteiger partial charge in [-0.3, -0.25) is 4.79 Å². The highest BCUT2D eigenvalue weighted by molar-refractivity contribution is 7.09. The maximum Gasteiger partial charge on any atom is 0.338 e. The van der Waals surface area contributed by atoms with Crippen molar-refractivity contribution in [3.8, 4) is 0 Å². The Bertz CT molecular complexity index is 1020. The van der Waals surface area contributed by atoms with Crippen LogP contribution in [-0.4, -0.2) is 23.3 Å². The Morgan fingerprint density at radius 1 is 1.25 bits per heavy atom. The second-order valence-electron chi connectivity index (χ2n) is 6.33. The van der Waals surface area contributed by atoms with Crippen molar-refractivity contribution in [3.63, 3.8) is 0 Å². The molecule has 142 valence electrons. The molecule has 2 atom stereocenters. The van der Waals surface area contributed by atoms with Gasteiger partial charge in [-0.2, -0.15) is 0 Å². The first-order valence-corrected chi connectivity index (χ1v) is 9.74. The summed E-state index contributed by atoms with van der Waals surface area (Å²) in [6.45, 7) is 1.94. The first-order chi connectivity index (χ1) is 13.6. The number of halogens is 1. The first kappa shape index (κ1) is 18.3. The molecule has 0 spiro atoms. The van der Waals surface area contributed by atoms with E-state index in [0.29, 0.717) is 16.3 Å². The molecule has 2 aromatic carbocycles. The number of benzene rings is 2. The molecular weight excluding hydrogens is 379 g/mol. The van der Waals surface area contributed by atoms with Crippen LogP contribution in [0, 0.1) is 5.82 Å². The molecule has 3 aromatic rings. The SMILES string of the molecule is CCOC(=O)c1cccc2c1C(=O)C(c1nccs1)C(c1ccc(F)cc1)N2. The minimum atomic E-state index is -0.631. The summed E-state index contributed by atoms with van der Waals surface area (Å²) in [5.74, 6) is -1.72. The van der Waals surface area contributed by atoms with Crippen LogP contribution >= 0.6 is 11.3 Å². The summed E-state index contributed by atoms with van der Waals surface area (Å²) in [6.07, 6.45) is 1.64. The molecule has 28 heavy (non-hydrogen) atoms. The van der Waals surface area contributed by atoms with Crippen LogP contribution in [-0.2, 0) is 4.74 Å². The number of thiazole rings is 1. The van der Waals surface area contributed by atoms with Gasteiger partial charge in [-0.05, 0) is 36.8 Å². The fourth-order valence-corrected chi connectivity index (χ4v) is 4.24. The third-order valence-corrected chi connectivity index (χ3v) is 5.54. The zero-order chi connectivity index (χ0) is 19.7. The van der Waals surface area contributed by atoms with Gasteiger partial charge in [-0.25, -0.2) is 14.2 Å². The van der Waals surface area contributed by atoms with E-state index in [1.165, 1.54) is 23.5 Å². The van der Waals surface area contributed by atoms with Crippen LogP contribution in [0.4, 0.5) is 10.1 Å². The second kappa shape index (κ2) is 7.52. The molecule has 0 saturated heterocycles. The summed E-state index contributed by atoms with van der Waals surface area (Å²) in [7, 11) is 0. The molecule has 1 aromatic heterocycles. The molecule has 7 heteroatoms. The number of hydrogen-bond acceptors (Lipinski definition) is 6. The molecule has 0 saturated carbocycles. The van der Waals surface area contributed by atoms with Crippen molar-refractivity contribution in [1.29, 1.82) is 0 Å². The molecule has 1 N–H and O–H groups in total. The third-order valence-electron chi connectivity index (χ3n) is 4.68. The van der Waals surface area contributed by atoms with E-state index in [2.05, 4.69) is 10.3 Å². The minimum absolute atomic E-state index is 0.207. The van der Waals surface area contributed by atoms with E-state index >= 15 is 0 Å². The van der Waals surface area contributed by atoms with Gasteiger partial charge in [0.1, 0.15) is 10.8 Å². The molecule has 0 amide bonds. The van der Waals surface area contributed by atoms with Crippen molar-refractivity contribution in [3.05, 3.63) is 81.6 Å². The number of carbonyl (C=O) groups is 2. The van der Waals surface area contributed by atoms with Crippen LogP contribution in [0.2, 0.25) is 0 Å². The van der Waals surface area contributed by atoms with Gasteiger partial charge < -0.3 is 10.1 Å². The van der Waals surface area contributed by atoms with Crippen molar-refractivity contribution in [2.24, 2.45) is 0 Å². The van der Waals surface area contributed by atoms with Crippen LogP contribution in [0.3, 0.4) is 0 Å². The van der Waals surface area contributed by atoms with Crippen molar-refractivity contribution in [2.75, 3.05) is 11.9 Å². The predicted molar refractivity (Wildman–Crippen MR) is 104 cm³/mol. The summed E-state index contributed by atoms with van der Waals surface area (Å²) in [5, 5.41) is 5.79. The van der Waals surface area contributed by atoms with Crippen molar-refractivity contribution in [1.82, 2.24) is 4.98 Å². The zero-order valence-electron chi connectivity index (χ0n) is 15.0. The van der Waals surface area contributed by atoms with Crippen LogP contribution in [0.1, 0.15) is 50.2 Å². The Labute approximate surface area is 165 Å². The van der Waals surface area contributed by atoms with Crippen LogP contribution < -0.4 is 5.32 Å². The maximum absolute atomic E-state index is 13.5. The van der Waals surface area contributed by atoms with Gasteiger partial charge in [0.2, 0.25) is 0 Å². The van der Waals surface area contributed by atoms with E-state index in [4.69, 9.17) is 4.74 Å². The number of aromatic nitrogens is 1. The lowest BCUT2D eigenvalue weighted by Crippen LogP contribution is -2.33. The molecule has 0 radical (unpaired) electrons. The number of nitrogens with zero attached hydrogens (tertiary/aromatic N) is 1. The average Bonchev–Trinajstić information content (AvgIpc) is 3.22. The number of hydrogen-bond donors (Lipinski definition) is 1. The molecule has 5 nitrogen and oxygen atoms in total. The highest BCUT2D eigenvalue weighted by Gasteiger charge is 2.41. The number of ether oxygens (including phenoxy) is 1. The molecule has 2 heterocycles. The lowest BCUT2D eigenvalue weighted by Gasteiger charge is -2.33. The summed E-state index contributed by atoms with van der Waals surface area (Å²) < 4.78 is 18.5. The number of carbonyl (C=O) groups excluding carboxylic acids is 2. The number of anilines is 1. The number of fused-ring (bicyclic) bond motifs is 1. The lowest BCUT2D eigenvalue weighted by molar-refractivity contribution is 0.0522. The molecule has 2 unspecified atom stereocenters. The monoisotopic (exact) mass is 396 g/mol. The van der Waals surface area contributed by atoms with Gasteiger partial charge in [-0.1, -0.05) is 18.2 Å². The van der Waals surface area contributed by atoms with E-state index in [1.54, 1.807) is 48.8 Å². The fourth-order valence-electron chi connectivity index (χ4n) is 3.46. The maximum atomic E-state index is 13.5. The van der Waals surface area contributed by atoms with Crippen LogP contribution in [0.5, 0.6) is 0 Å². The fraction of sp³-hybridized carbons (Fsp3) is 0.190. The number of nitrogens with one attached hydrogen (secondary N) is 1. The smallest absolute Gasteiger partial charge is 0.338 e. The summed E-state index contributed by atoms with van der Waals surface area (Å²) in [4.78, 5) is 30.3. The highest BCUT2D eigenvalue weighted by atomic mass is 32.1. The predicted octanol–water partition coefficient (Wildman–Crippen LogP) is 4.59. The molecule has 0 fully saturated rings. The number of esters is 1. The number of Topliss-reactive ketones (excluding diaryl/α,β-unsaturated/α-hetero) is 1. The normalized spacial score (nSPS) is 18.3. The molecule has 0 bridgehead atoms. The van der Waals surface area contributed by atoms with E-state index in [-0.39, 0.29) is 23.8 Å². The topological polar surface area (TPSA) is 68.3 Å². The second-order valence-corrected chi connectivity index (χ2v) is 7.26. The van der Waals surface area contributed by atoms with E-state index in [0.717, 1.165) is 5.56 Å².